The van der Waals surface area contributed by atoms with Gasteiger partial charge < -0.3 is 4.74 Å². The van der Waals surface area contributed by atoms with Crippen molar-refractivity contribution in [1.82, 2.24) is 4.90 Å². The van der Waals surface area contributed by atoms with Crippen LogP contribution in [0.15, 0.2) is 94.8 Å². The summed E-state index contributed by atoms with van der Waals surface area (Å²) in [5.74, 6) is 1.31. The van der Waals surface area contributed by atoms with Crippen LogP contribution < -0.4 is 4.74 Å². The summed E-state index contributed by atoms with van der Waals surface area (Å²) in [6.45, 7) is 5.52. The molecule has 5 heteroatoms. The summed E-state index contributed by atoms with van der Waals surface area (Å²) in [5, 5.41) is 0.713. The van der Waals surface area contributed by atoms with Gasteiger partial charge in [-0.3, -0.25) is 9.69 Å². The van der Waals surface area contributed by atoms with Gasteiger partial charge in [-0.05, 0) is 65.6 Å². The van der Waals surface area contributed by atoms with Crippen molar-refractivity contribution in [3.8, 4) is 5.75 Å². The lowest BCUT2D eigenvalue weighted by molar-refractivity contribution is -0.122. The van der Waals surface area contributed by atoms with Gasteiger partial charge in [-0.25, -0.2) is 4.99 Å². The van der Waals surface area contributed by atoms with Crippen LogP contribution in [0.1, 0.15) is 25.0 Å². The summed E-state index contributed by atoms with van der Waals surface area (Å²) >= 11 is 1.43. The summed E-state index contributed by atoms with van der Waals surface area (Å²) in [6.07, 6.45) is 2.71. The van der Waals surface area contributed by atoms with Gasteiger partial charge in [-0.15, -0.1) is 0 Å². The Morgan fingerprint density at radius 2 is 1.61 bits per heavy atom. The van der Waals surface area contributed by atoms with Crippen molar-refractivity contribution in [3.63, 3.8) is 0 Å². The topological polar surface area (TPSA) is 41.9 Å². The van der Waals surface area contributed by atoms with E-state index in [9.17, 15) is 4.79 Å². The van der Waals surface area contributed by atoms with Crippen molar-refractivity contribution in [3.05, 3.63) is 101 Å². The first-order valence-corrected chi connectivity index (χ1v) is 12.0. The van der Waals surface area contributed by atoms with Crippen LogP contribution in [-0.2, 0) is 11.2 Å². The first-order chi connectivity index (χ1) is 16.1. The minimum atomic E-state index is -0.00857. The van der Waals surface area contributed by atoms with Crippen LogP contribution >= 0.6 is 11.8 Å². The molecule has 33 heavy (non-hydrogen) atoms. The van der Waals surface area contributed by atoms with Crippen molar-refractivity contribution in [2.45, 2.75) is 20.3 Å². The highest BCUT2D eigenvalue weighted by Crippen LogP contribution is 2.34. The van der Waals surface area contributed by atoms with Crippen LogP contribution in [0.5, 0.6) is 5.75 Å². The molecule has 0 atom stereocenters. The number of benzene rings is 3. The van der Waals surface area contributed by atoms with Crippen LogP contribution in [0.3, 0.4) is 0 Å². The van der Waals surface area contributed by atoms with Gasteiger partial charge in [0.05, 0.1) is 17.2 Å². The predicted octanol–water partition coefficient (Wildman–Crippen LogP) is 6.57. The van der Waals surface area contributed by atoms with E-state index >= 15 is 0 Å². The molecule has 1 saturated heterocycles. The first kappa shape index (κ1) is 22.9. The second kappa shape index (κ2) is 11.0. The Hall–Kier alpha value is -3.31. The molecule has 4 rings (SSSR count). The number of thioether (sulfide) groups is 1. The number of aliphatic imine (C=N–C) groups is 1. The largest absolute Gasteiger partial charge is 0.493 e. The first-order valence-electron chi connectivity index (χ1n) is 11.2. The summed E-state index contributed by atoms with van der Waals surface area (Å²) in [5.41, 5.74) is 3.00. The number of amides is 1. The number of ether oxygens (including phenoxy) is 1. The Morgan fingerprint density at radius 3 is 2.27 bits per heavy atom. The highest BCUT2D eigenvalue weighted by atomic mass is 32.2. The van der Waals surface area contributed by atoms with Gasteiger partial charge in [0, 0.05) is 6.54 Å². The maximum atomic E-state index is 13.3. The van der Waals surface area contributed by atoms with Crippen molar-refractivity contribution >= 4 is 34.6 Å². The Kier molecular flexibility index (Phi) is 7.63. The fourth-order valence-corrected chi connectivity index (χ4v) is 4.39. The van der Waals surface area contributed by atoms with Crippen LogP contribution in [-0.4, -0.2) is 29.1 Å². The number of carbonyl (C=O) groups excluding carboxylic acids is 1. The number of carbonyl (C=O) groups is 1. The van der Waals surface area contributed by atoms with Crippen LogP contribution in [0.25, 0.3) is 6.08 Å². The average molecular weight is 457 g/mol. The summed E-state index contributed by atoms with van der Waals surface area (Å²) < 4.78 is 5.77. The van der Waals surface area contributed by atoms with Gasteiger partial charge >= 0.3 is 0 Å². The lowest BCUT2D eigenvalue weighted by Gasteiger charge is -2.15. The number of rotatable bonds is 8. The minimum absolute atomic E-state index is 0.00857. The number of hydrogen-bond acceptors (Lipinski definition) is 4. The van der Waals surface area contributed by atoms with Gasteiger partial charge in [0.15, 0.2) is 5.17 Å². The summed E-state index contributed by atoms with van der Waals surface area (Å²) in [4.78, 5) is 20.5. The monoisotopic (exact) mass is 456 g/mol. The number of para-hydroxylation sites is 1. The molecule has 0 N–H and O–H groups in total. The molecule has 3 aromatic carbocycles. The number of amidine groups is 1. The van der Waals surface area contributed by atoms with Gasteiger partial charge in [0.1, 0.15) is 5.75 Å². The second-order valence-corrected chi connectivity index (χ2v) is 9.32. The molecule has 1 heterocycles. The van der Waals surface area contributed by atoms with E-state index in [-0.39, 0.29) is 5.91 Å². The quantitative estimate of drug-likeness (QED) is 0.360. The number of nitrogens with zero attached hydrogens (tertiary/aromatic N) is 2. The standard InChI is InChI=1S/C28H28N2O2S/c1-21(2)20-32-25-15-13-23(14-16-25)19-26-27(31)30(18-17-22-9-5-3-6-10-22)28(33-26)29-24-11-7-4-8-12-24/h3-16,19,21H,17-18,20H2,1-2H3/b26-19+,29-28?. The van der Waals surface area contributed by atoms with E-state index in [1.54, 1.807) is 4.90 Å². The maximum Gasteiger partial charge on any atom is 0.266 e. The van der Waals surface area contributed by atoms with Crippen LogP contribution in [0, 0.1) is 5.92 Å². The minimum Gasteiger partial charge on any atom is -0.493 e. The smallest absolute Gasteiger partial charge is 0.266 e. The zero-order chi connectivity index (χ0) is 23.0. The summed E-state index contributed by atoms with van der Waals surface area (Å²) in [6, 6.07) is 27.8. The Balaban J connectivity index is 1.55. The molecule has 3 aromatic rings. The Labute approximate surface area is 200 Å². The molecular weight excluding hydrogens is 428 g/mol. The highest BCUT2D eigenvalue weighted by Gasteiger charge is 2.33. The van der Waals surface area contributed by atoms with Gasteiger partial charge in [0.2, 0.25) is 0 Å². The highest BCUT2D eigenvalue weighted by molar-refractivity contribution is 8.18. The number of hydrogen-bond donors (Lipinski definition) is 0. The SMILES string of the molecule is CC(C)COc1ccc(/C=C2/SC(=Nc3ccccc3)N(CCc3ccccc3)C2=O)cc1. The third-order valence-electron chi connectivity index (χ3n) is 5.10. The summed E-state index contributed by atoms with van der Waals surface area (Å²) in [7, 11) is 0. The van der Waals surface area contributed by atoms with Crippen molar-refractivity contribution in [2.75, 3.05) is 13.2 Å². The van der Waals surface area contributed by atoms with E-state index < -0.39 is 0 Å². The van der Waals surface area contributed by atoms with Gasteiger partial charge in [-0.2, -0.15) is 0 Å². The molecule has 1 aliphatic heterocycles. The molecule has 1 fully saturated rings. The zero-order valence-electron chi connectivity index (χ0n) is 19.0. The second-order valence-electron chi connectivity index (χ2n) is 8.31. The Bertz CT molecular complexity index is 1120. The van der Waals surface area contributed by atoms with Crippen molar-refractivity contribution in [1.29, 1.82) is 0 Å². The zero-order valence-corrected chi connectivity index (χ0v) is 19.8. The van der Waals surface area contributed by atoms with Crippen molar-refractivity contribution < 1.29 is 9.53 Å². The molecule has 0 unspecified atom stereocenters. The van der Waals surface area contributed by atoms with Crippen LogP contribution in [0.4, 0.5) is 5.69 Å². The molecule has 0 spiro atoms. The fourth-order valence-electron chi connectivity index (χ4n) is 3.36. The third-order valence-corrected chi connectivity index (χ3v) is 6.10. The molecule has 0 aliphatic carbocycles. The van der Waals surface area contributed by atoms with Gasteiger partial charge in [0.25, 0.3) is 5.91 Å². The molecular formula is C28H28N2O2S. The molecule has 168 valence electrons. The molecule has 0 radical (unpaired) electrons. The average Bonchev–Trinajstić information content (AvgIpc) is 3.12. The van der Waals surface area contributed by atoms with E-state index in [4.69, 9.17) is 9.73 Å². The Morgan fingerprint density at radius 1 is 0.939 bits per heavy atom. The van der Waals surface area contributed by atoms with E-state index in [2.05, 4.69) is 26.0 Å². The molecule has 0 bridgehead atoms. The molecule has 4 nitrogen and oxygen atoms in total. The van der Waals surface area contributed by atoms with E-state index in [0.29, 0.717) is 29.1 Å². The lowest BCUT2D eigenvalue weighted by atomic mass is 10.1. The predicted molar refractivity (Wildman–Crippen MR) is 138 cm³/mol. The normalized spacial score (nSPS) is 16.2. The van der Waals surface area contributed by atoms with E-state index in [1.165, 1.54) is 17.3 Å². The van der Waals surface area contributed by atoms with E-state index in [1.807, 2.05) is 78.9 Å². The van der Waals surface area contributed by atoms with Crippen molar-refractivity contribution in [2.24, 2.45) is 10.9 Å². The van der Waals surface area contributed by atoms with Crippen LogP contribution in [0.2, 0.25) is 0 Å². The third kappa shape index (κ3) is 6.36. The molecule has 0 aromatic heterocycles. The maximum absolute atomic E-state index is 13.3. The van der Waals surface area contributed by atoms with E-state index in [0.717, 1.165) is 23.4 Å². The molecule has 1 amide bonds. The fraction of sp³-hybridized carbons (Fsp3) is 0.214. The lowest BCUT2D eigenvalue weighted by Crippen LogP contribution is -2.31. The molecule has 1 aliphatic rings. The molecule has 0 saturated carbocycles. The van der Waals surface area contributed by atoms with Gasteiger partial charge in [-0.1, -0.05) is 74.5 Å².